The predicted molar refractivity (Wildman–Crippen MR) is 80.7 cm³/mol. The Balaban J connectivity index is 2.27. The highest BCUT2D eigenvalue weighted by molar-refractivity contribution is 5.28. The van der Waals surface area contributed by atoms with Crippen LogP contribution in [0.5, 0.6) is 0 Å². The lowest BCUT2D eigenvalue weighted by atomic mass is 10.0. The fourth-order valence-electron chi connectivity index (χ4n) is 2.28. The van der Waals surface area contributed by atoms with Gasteiger partial charge in [-0.1, -0.05) is 31.2 Å². The van der Waals surface area contributed by atoms with Gasteiger partial charge in [0.25, 0.3) is 5.56 Å². The van der Waals surface area contributed by atoms with Crippen molar-refractivity contribution in [3.8, 4) is 0 Å². The molecule has 1 unspecified atom stereocenters. The van der Waals surface area contributed by atoms with Gasteiger partial charge in [-0.3, -0.25) is 9.36 Å². The van der Waals surface area contributed by atoms with Crippen LogP contribution >= 0.6 is 0 Å². The van der Waals surface area contributed by atoms with Crippen LogP contribution in [0.3, 0.4) is 0 Å². The van der Waals surface area contributed by atoms with Gasteiger partial charge in [0.2, 0.25) is 0 Å². The second-order valence-electron chi connectivity index (χ2n) is 4.93. The average molecular weight is 271 g/mol. The van der Waals surface area contributed by atoms with Gasteiger partial charge in [0.15, 0.2) is 0 Å². The maximum absolute atomic E-state index is 11.8. The van der Waals surface area contributed by atoms with Gasteiger partial charge >= 0.3 is 0 Å². The van der Waals surface area contributed by atoms with Crippen LogP contribution < -0.4 is 10.9 Å². The van der Waals surface area contributed by atoms with E-state index < -0.39 is 0 Å². The topological polar surface area (TPSA) is 46.9 Å². The highest BCUT2D eigenvalue weighted by Crippen LogP contribution is 2.18. The molecule has 0 aliphatic heterocycles. The number of rotatable bonds is 6. The van der Waals surface area contributed by atoms with Gasteiger partial charge in [0, 0.05) is 18.8 Å². The van der Waals surface area contributed by atoms with Crippen LogP contribution in [0.25, 0.3) is 0 Å². The van der Waals surface area contributed by atoms with Gasteiger partial charge in [0.1, 0.15) is 0 Å². The summed E-state index contributed by atoms with van der Waals surface area (Å²) in [6.07, 6.45) is 4.19. The van der Waals surface area contributed by atoms with E-state index in [1.54, 1.807) is 10.9 Å². The Kier molecular flexibility index (Phi) is 5.07. The normalized spacial score (nSPS) is 12.3. The Morgan fingerprint density at radius 1 is 1.30 bits per heavy atom. The molecule has 1 aromatic heterocycles. The molecule has 4 heteroatoms. The molecule has 2 aromatic rings. The molecule has 0 saturated carbocycles. The molecule has 0 bridgehead atoms. The minimum Gasteiger partial charge on any atom is -0.308 e. The monoisotopic (exact) mass is 271 g/mol. The predicted octanol–water partition coefficient (Wildman–Crippen LogP) is 2.29. The standard InChI is InChI=1S/C16H21N3O/c1-3-9-18-15(14-7-5-4-6-13(14)2)11-19-12-17-10-8-16(19)20/h4-8,10,12,15,18H,3,9,11H2,1-2H3. The zero-order valence-electron chi connectivity index (χ0n) is 12.0. The summed E-state index contributed by atoms with van der Waals surface area (Å²) in [5.74, 6) is 0. The molecular formula is C16H21N3O. The van der Waals surface area contributed by atoms with Crippen molar-refractivity contribution in [1.29, 1.82) is 0 Å². The van der Waals surface area contributed by atoms with Gasteiger partial charge in [-0.15, -0.1) is 0 Å². The fraction of sp³-hybridized carbons (Fsp3) is 0.375. The molecule has 4 nitrogen and oxygen atoms in total. The number of hydrogen-bond acceptors (Lipinski definition) is 3. The quantitative estimate of drug-likeness (QED) is 0.877. The Bertz CT molecular complexity index is 606. The second kappa shape index (κ2) is 7.01. The smallest absolute Gasteiger partial charge is 0.253 e. The van der Waals surface area contributed by atoms with Gasteiger partial charge in [-0.05, 0) is 31.0 Å². The van der Waals surface area contributed by atoms with E-state index in [4.69, 9.17) is 0 Å². The van der Waals surface area contributed by atoms with Crippen molar-refractivity contribution in [3.05, 3.63) is 64.3 Å². The summed E-state index contributed by atoms with van der Waals surface area (Å²) >= 11 is 0. The summed E-state index contributed by atoms with van der Waals surface area (Å²) < 4.78 is 1.65. The van der Waals surface area contributed by atoms with Crippen molar-refractivity contribution in [2.45, 2.75) is 32.9 Å². The Morgan fingerprint density at radius 2 is 2.10 bits per heavy atom. The molecule has 0 aliphatic rings. The first-order valence-electron chi connectivity index (χ1n) is 7.01. The summed E-state index contributed by atoms with van der Waals surface area (Å²) in [5, 5.41) is 3.51. The van der Waals surface area contributed by atoms with E-state index >= 15 is 0 Å². The third-order valence-corrected chi connectivity index (χ3v) is 3.38. The summed E-state index contributed by atoms with van der Waals surface area (Å²) in [6, 6.07) is 9.90. The fourth-order valence-corrected chi connectivity index (χ4v) is 2.28. The van der Waals surface area contributed by atoms with Gasteiger partial charge in [0.05, 0.1) is 12.4 Å². The Morgan fingerprint density at radius 3 is 2.80 bits per heavy atom. The highest BCUT2D eigenvalue weighted by atomic mass is 16.1. The summed E-state index contributed by atoms with van der Waals surface area (Å²) in [7, 11) is 0. The van der Waals surface area contributed by atoms with E-state index in [0.29, 0.717) is 6.54 Å². The second-order valence-corrected chi connectivity index (χ2v) is 4.93. The van der Waals surface area contributed by atoms with Crippen LogP contribution in [-0.2, 0) is 6.54 Å². The number of nitrogens with zero attached hydrogens (tertiary/aromatic N) is 2. The van der Waals surface area contributed by atoms with Crippen molar-refractivity contribution in [2.24, 2.45) is 0 Å². The van der Waals surface area contributed by atoms with Gasteiger partial charge in [-0.25, -0.2) is 4.98 Å². The van der Waals surface area contributed by atoms with E-state index in [1.807, 2.05) is 12.1 Å². The molecule has 20 heavy (non-hydrogen) atoms. The maximum atomic E-state index is 11.8. The molecule has 0 saturated heterocycles. The first-order valence-corrected chi connectivity index (χ1v) is 7.01. The molecule has 0 fully saturated rings. The molecule has 1 heterocycles. The molecule has 1 N–H and O–H groups in total. The van der Waals surface area contributed by atoms with Crippen molar-refractivity contribution in [3.63, 3.8) is 0 Å². The number of aryl methyl sites for hydroxylation is 1. The zero-order chi connectivity index (χ0) is 14.4. The molecule has 1 aromatic carbocycles. The van der Waals surface area contributed by atoms with Crippen LogP contribution in [-0.4, -0.2) is 16.1 Å². The van der Waals surface area contributed by atoms with Gasteiger partial charge in [-0.2, -0.15) is 0 Å². The molecule has 0 amide bonds. The molecular weight excluding hydrogens is 250 g/mol. The van der Waals surface area contributed by atoms with E-state index in [1.165, 1.54) is 23.4 Å². The minimum absolute atomic E-state index is 0.0168. The number of nitrogens with one attached hydrogen (secondary N) is 1. The lowest BCUT2D eigenvalue weighted by Crippen LogP contribution is -2.31. The molecule has 1 atom stereocenters. The summed E-state index contributed by atoms with van der Waals surface area (Å²) in [4.78, 5) is 15.9. The lowest BCUT2D eigenvalue weighted by molar-refractivity contribution is 0.451. The van der Waals surface area contributed by atoms with Crippen LogP contribution in [0.15, 0.2) is 47.7 Å². The SMILES string of the molecule is CCCNC(Cn1cnccc1=O)c1ccccc1C. The Labute approximate surface area is 119 Å². The van der Waals surface area contributed by atoms with E-state index in [2.05, 4.69) is 36.3 Å². The summed E-state index contributed by atoms with van der Waals surface area (Å²) in [5.41, 5.74) is 2.45. The van der Waals surface area contributed by atoms with E-state index in [9.17, 15) is 4.79 Å². The average Bonchev–Trinajstić information content (AvgIpc) is 2.46. The Hall–Kier alpha value is -1.94. The summed E-state index contributed by atoms with van der Waals surface area (Å²) in [6.45, 7) is 5.76. The lowest BCUT2D eigenvalue weighted by Gasteiger charge is -2.21. The van der Waals surface area contributed by atoms with Gasteiger partial charge < -0.3 is 5.32 Å². The van der Waals surface area contributed by atoms with Crippen molar-refractivity contribution in [2.75, 3.05) is 6.54 Å². The van der Waals surface area contributed by atoms with Crippen LogP contribution in [0.2, 0.25) is 0 Å². The first-order chi connectivity index (χ1) is 9.72. The van der Waals surface area contributed by atoms with Crippen LogP contribution in [0.1, 0.15) is 30.5 Å². The minimum atomic E-state index is -0.0168. The van der Waals surface area contributed by atoms with Crippen molar-refractivity contribution < 1.29 is 0 Å². The van der Waals surface area contributed by atoms with Crippen molar-refractivity contribution >= 4 is 0 Å². The molecule has 0 radical (unpaired) electrons. The highest BCUT2D eigenvalue weighted by Gasteiger charge is 2.13. The van der Waals surface area contributed by atoms with Crippen molar-refractivity contribution in [1.82, 2.24) is 14.9 Å². The maximum Gasteiger partial charge on any atom is 0.253 e. The molecule has 0 aliphatic carbocycles. The largest absolute Gasteiger partial charge is 0.308 e. The molecule has 0 spiro atoms. The van der Waals surface area contributed by atoms with Crippen LogP contribution in [0.4, 0.5) is 0 Å². The zero-order valence-corrected chi connectivity index (χ0v) is 12.0. The molecule has 106 valence electrons. The third kappa shape index (κ3) is 3.54. The van der Waals surface area contributed by atoms with E-state index in [0.717, 1.165) is 13.0 Å². The molecule has 2 rings (SSSR count). The number of aromatic nitrogens is 2. The third-order valence-electron chi connectivity index (χ3n) is 3.38. The number of hydrogen-bond donors (Lipinski definition) is 1. The van der Waals surface area contributed by atoms with E-state index in [-0.39, 0.29) is 11.6 Å². The number of benzene rings is 1. The first kappa shape index (κ1) is 14.5. The van der Waals surface area contributed by atoms with Crippen LogP contribution in [0, 0.1) is 6.92 Å².